The number of unbranched alkanes of at least 4 members (excludes halogenated alkanes) is 20. The van der Waals surface area contributed by atoms with Crippen molar-refractivity contribution in [3.63, 3.8) is 0 Å². The molecule has 50 heavy (non-hydrogen) atoms. The third-order valence-corrected chi connectivity index (χ3v) is 8.92. The fraction of sp³-hybridized carbons (Fsp3) is 0.773. The molecule has 0 aromatic heterocycles. The second-order valence-corrected chi connectivity index (χ2v) is 14.0. The number of allylic oxidation sites excluding steroid dienone is 7. The maximum absolute atomic E-state index is 12.0. The van der Waals surface area contributed by atoms with Crippen LogP contribution in [-0.4, -0.2) is 47.6 Å². The maximum Gasteiger partial charge on any atom is 0.305 e. The monoisotopic (exact) mass is 703 g/mol. The Morgan fingerprint density at radius 3 is 1.44 bits per heavy atom. The molecule has 6 nitrogen and oxygen atoms in total. The minimum Gasteiger partial charge on any atom is -0.463 e. The lowest BCUT2D eigenvalue weighted by Gasteiger charge is -2.12. The Morgan fingerprint density at radius 1 is 0.500 bits per heavy atom. The summed E-state index contributed by atoms with van der Waals surface area (Å²) in [5, 5.41) is 19.9. The van der Waals surface area contributed by atoms with Crippen LogP contribution in [0.15, 0.2) is 48.6 Å². The highest BCUT2D eigenvalue weighted by Crippen LogP contribution is 2.15. The molecule has 6 heteroatoms. The van der Waals surface area contributed by atoms with E-state index in [0.717, 1.165) is 57.8 Å². The van der Waals surface area contributed by atoms with Gasteiger partial charge >= 0.3 is 11.9 Å². The van der Waals surface area contributed by atoms with Gasteiger partial charge in [-0.2, -0.15) is 0 Å². The number of carbonyl (C=O) groups excluding carboxylic acids is 2. The maximum atomic E-state index is 12.0. The minimum atomic E-state index is -0.997. The third kappa shape index (κ3) is 38.6. The summed E-state index contributed by atoms with van der Waals surface area (Å²) in [6, 6.07) is 0. The first kappa shape index (κ1) is 47.8. The average molecular weight is 703 g/mol. The summed E-state index contributed by atoms with van der Waals surface area (Å²) in [5.74, 6) is -0.650. The highest BCUT2D eigenvalue weighted by molar-refractivity contribution is 5.69. The first-order valence-corrected chi connectivity index (χ1v) is 20.8. The van der Waals surface area contributed by atoms with E-state index in [1.165, 1.54) is 103 Å². The molecule has 0 bridgehead atoms. The van der Waals surface area contributed by atoms with Crippen LogP contribution >= 0.6 is 0 Å². The van der Waals surface area contributed by atoms with Crippen LogP contribution in [0.3, 0.4) is 0 Å². The van der Waals surface area contributed by atoms with Crippen molar-refractivity contribution < 1.29 is 29.3 Å². The van der Waals surface area contributed by atoms with Gasteiger partial charge in [0.15, 0.2) is 0 Å². The summed E-state index contributed by atoms with van der Waals surface area (Å²) in [5.41, 5.74) is 0. The van der Waals surface area contributed by atoms with Crippen LogP contribution < -0.4 is 0 Å². The Balaban J connectivity index is 3.54. The molecule has 0 aromatic carbocycles. The van der Waals surface area contributed by atoms with E-state index in [2.05, 4.69) is 44.2 Å². The molecule has 0 radical (unpaired) electrons. The molecule has 0 aliphatic heterocycles. The number of rotatable bonds is 37. The summed E-state index contributed by atoms with van der Waals surface area (Å²) in [4.78, 5) is 23.9. The Bertz CT molecular complexity index is 861. The van der Waals surface area contributed by atoms with Crippen molar-refractivity contribution in [1.29, 1.82) is 0 Å². The van der Waals surface area contributed by atoms with Gasteiger partial charge in [0.1, 0.15) is 19.3 Å². The summed E-state index contributed by atoms with van der Waals surface area (Å²) < 4.78 is 10.3. The Kier molecular flexibility index (Phi) is 37.9. The van der Waals surface area contributed by atoms with E-state index < -0.39 is 6.10 Å². The molecule has 0 aromatic rings. The van der Waals surface area contributed by atoms with Gasteiger partial charge in [-0.1, -0.05) is 191 Å². The van der Waals surface area contributed by atoms with Crippen molar-refractivity contribution in [1.82, 2.24) is 0 Å². The molecule has 0 unspecified atom stereocenters. The predicted octanol–water partition coefficient (Wildman–Crippen LogP) is 12.0. The minimum absolute atomic E-state index is 0.143. The van der Waals surface area contributed by atoms with E-state index in [9.17, 15) is 19.8 Å². The Labute approximate surface area is 308 Å². The fourth-order valence-corrected chi connectivity index (χ4v) is 5.72. The van der Waals surface area contributed by atoms with Gasteiger partial charge < -0.3 is 19.7 Å². The summed E-state index contributed by atoms with van der Waals surface area (Å²) >= 11 is 0. The van der Waals surface area contributed by atoms with Gasteiger partial charge in [-0.3, -0.25) is 9.59 Å². The van der Waals surface area contributed by atoms with E-state index in [0.29, 0.717) is 12.8 Å². The number of ether oxygens (including phenoxy) is 2. The van der Waals surface area contributed by atoms with E-state index in [4.69, 9.17) is 9.47 Å². The Morgan fingerprint density at radius 2 is 0.920 bits per heavy atom. The van der Waals surface area contributed by atoms with Gasteiger partial charge in [-0.25, -0.2) is 0 Å². The number of carbonyl (C=O) groups is 2. The fourth-order valence-electron chi connectivity index (χ4n) is 5.72. The zero-order valence-corrected chi connectivity index (χ0v) is 32.5. The molecular weight excluding hydrogens is 624 g/mol. The summed E-state index contributed by atoms with van der Waals surface area (Å²) in [7, 11) is 0. The molecular formula is C44H78O6. The predicted molar refractivity (Wildman–Crippen MR) is 211 cm³/mol. The molecule has 0 aliphatic rings. The van der Waals surface area contributed by atoms with Gasteiger partial charge in [-0.15, -0.1) is 0 Å². The van der Waals surface area contributed by atoms with Gasteiger partial charge in [0.05, 0.1) is 6.10 Å². The van der Waals surface area contributed by atoms with E-state index in [1.54, 1.807) is 0 Å². The lowest BCUT2D eigenvalue weighted by Crippen LogP contribution is -2.25. The van der Waals surface area contributed by atoms with E-state index in [-0.39, 0.29) is 37.7 Å². The number of hydrogen-bond donors (Lipinski definition) is 2. The molecule has 2 atom stereocenters. The van der Waals surface area contributed by atoms with Crippen molar-refractivity contribution in [2.24, 2.45) is 0 Å². The zero-order chi connectivity index (χ0) is 36.6. The molecule has 290 valence electrons. The van der Waals surface area contributed by atoms with Gasteiger partial charge in [0.2, 0.25) is 0 Å². The van der Waals surface area contributed by atoms with Crippen LogP contribution in [0.1, 0.15) is 194 Å². The van der Waals surface area contributed by atoms with Crippen LogP contribution in [0.25, 0.3) is 0 Å². The lowest BCUT2D eigenvalue weighted by atomic mass is 10.0. The van der Waals surface area contributed by atoms with Crippen molar-refractivity contribution in [2.45, 2.75) is 206 Å². The van der Waals surface area contributed by atoms with Crippen LogP contribution in [-0.2, 0) is 19.1 Å². The van der Waals surface area contributed by atoms with Crippen LogP contribution in [0, 0.1) is 0 Å². The quantitative estimate of drug-likeness (QED) is 0.0290. The van der Waals surface area contributed by atoms with Crippen LogP contribution in [0.2, 0.25) is 0 Å². The van der Waals surface area contributed by atoms with Crippen LogP contribution in [0.4, 0.5) is 0 Å². The van der Waals surface area contributed by atoms with E-state index >= 15 is 0 Å². The molecule has 0 spiro atoms. The standard InChI is InChI=1S/C44H78O6/c1-3-5-7-8-9-10-11-12-13-14-15-16-17-20-23-26-29-33-37-43(47)49-39-42(46)40-50-44(48)38-34-30-27-24-21-18-19-22-25-28-32-36-41(45)35-31-6-4-2/h18-19,24-25,27-28,32,36,41-42,45-46H,3-17,20-23,26,29-31,33-35,37-40H2,1-2H3/b19-18-,27-24-,28-25-,36-32+/t41-,42+/m1/s1. The molecule has 0 rings (SSSR count). The summed E-state index contributed by atoms with van der Waals surface area (Å²) in [6.45, 7) is 4.14. The van der Waals surface area contributed by atoms with Gasteiger partial charge in [0.25, 0.3) is 0 Å². The van der Waals surface area contributed by atoms with Crippen molar-refractivity contribution >= 4 is 11.9 Å². The molecule has 0 saturated carbocycles. The molecule has 0 heterocycles. The molecule has 2 N–H and O–H groups in total. The molecule has 0 amide bonds. The smallest absolute Gasteiger partial charge is 0.305 e. The highest BCUT2D eigenvalue weighted by atomic mass is 16.6. The van der Waals surface area contributed by atoms with Crippen LogP contribution in [0.5, 0.6) is 0 Å². The zero-order valence-electron chi connectivity index (χ0n) is 32.5. The SMILES string of the molecule is CCCCCCCCCCCCCCCCCCCCC(=O)OC[C@H](O)COC(=O)CCC/C=C\C/C=C\C/C=C\C=C\[C@H](O)CCCCC. The number of hydrogen-bond acceptors (Lipinski definition) is 6. The number of aliphatic hydroxyl groups excluding tert-OH is 2. The van der Waals surface area contributed by atoms with Crippen molar-refractivity contribution in [2.75, 3.05) is 13.2 Å². The average Bonchev–Trinajstić information content (AvgIpc) is 3.11. The second kappa shape index (κ2) is 39.6. The highest BCUT2D eigenvalue weighted by Gasteiger charge is 2.12. The first-order valence-electron chi connectivity index (χ1n) is 20.8. The second-order valence-electron chi connectivity index (χ2n) is 14.0. The van der Waals surface area contributed by atoms with Gasteiger partial charge in [-0.05, 0) is 38.5 Å². The number of aliphatic hydroxyl groups is 2. The molecule has 0 aliphatic carbocycles. The van der Waals surface area contributed by atoms with Crippen molar-refractivity contribution in [3.05, 3.63) is 48.6 Å². The molecule has 0 saturated heterocycles. The molecule has 0 fully saturated rings. The first-order chi connectivity index (χ1) is 24.5. The largest absolute Gasteiger partial charge is 0.463 e. The Hall–Kier alpha value is -2.18. The lowest BCUT2D eigenvalue weighted by molar-refractivity contribution is -0.152. The van der Waals surface area contributed by atoms with Gasteiger partial charge in [0, 0.05) is 12.8 Å². The van der Waals surface area contributed by atoms with Crippen molar-refractivity contribution in [3.8, 4) is 0 Å². The van der Waals surface area contributed by atoms with E-state index in [1.807, 2.05) is 18.2 Å². The summed E-state index contributed by atoms with van der Waals surface area (Å²) in [6.07, 6.45) is 46.4. The number of esters is 2. The normalized spacial score (nSPS) is 13.3. The third-order valence-electron chi connectivity index (χ3n) is 8.92. The topological polar surface area (TPSA) is 93.1 Å².